The van der Waals surface area contributed by atoms with Crippen LogP contribution in [0.15, 0.2) is 0 Å². The molecule has 3 heterocycles. The first-order chi connectivity index (χ1) is 10.1. The summed E-state index contributed by atoms with van der Waals surface area (Å²) < 4.78 is 5.28. The summed E-state index contributed by atoms with van der Waals surface area (Å²) in [5, 5.41) is 10.5. The third-order valence-corrected chi connectivity index (χ3v) is 5.23. The zero-order valence-electron chi connectivity index (χ0n) is 12.9. The van der Waals surface area contributed by atoms with Gasteiger partial charge in [0.05, 0.1) is 25.4 Å². The van der Waals surface area contributed by atoms with E-state index in [4.69, 9.17) is 4.74 Å². The second kappa shape index (κ2) is 6.60. The van der Waals surface area contributed by atoms with Crippen LogP contribution in [0.5, 0.6) is 0 Å². The molecule has 3 rings (SSSR count). The third kappa shape index (κ3) is 3.39. The number of amides is 1. The number of ether oxygens (including phenoxy) is 1. The minimum atomic E-state index is -0.250. The first-order valence-corrected chi connectivity index (χ1v) is 8.14. The van der Waals surface area contributed by atoms with E-state index in [-0.39, 0.29) is 18.1 Å². The maximum Gasteiger partial charge on any atom is 0.219 e. The van der Waals surface area contributed by atoms with Crippen molar-refractivity contribution in [1.29, 1.82) is 0 Å². The third-order valence-electron chi connectivity index (χ3n) is 5.23. The molecular weight excluding hydrogens is 270 g/mol. The topological polar surface area (TPSA) is 56.3 Å². The van der Waals surface area contributed by atoms with E-state index in [1.165, 1.54) is 0 Å². The van der Waals surface area contributed by atoms with E-state index in [1.807, 2.05) is 4.90 Å². The van der Waals surface area contributed by atoms with Crippen LogP contribution in [0.2, 0.25) is 0 Å². The Bertz CT molecular complexity index is 367. The Hall–Kier alpha value is -0.690. The predicted molar refractivity (Wildman–Crippen MR) is 79.0 cm³/mol. The number of carbonyl (C=O) groups is 1. The van der Waals surface area contributed by atoms with Gasteiger partial charge in [0.25, 0.3) is 0 Å². The average Bonchev–Trinajstić information content (AvgIpc) is 2.60. The van der Waals surface area contributed by atoms with Crippen molar-refractivity contribution in [3.05, 3.63) is 0 Å². The summed E-state index contributed by atoms with van der Waals surface area (Å²) in [6.07, 6.45) is 1.60. The summed E-state index contributed by atoms with van der Waals surface area (Å²) in [6, 6.07) is 0.801. The minimum Gasteiger partial charge on any atom is -0.391 e. The molecule has 1 amide bonds. The summed E-state index contributed by atoms with van der Waals surface area (Å²) in [5.74, 6) is 0.159. The molecular formula is C15H27N3O3. The molecule has 0 aliphatic carbocycles. The van der Waals surface area contributed by atoms with E-state index < -0.39 is 0 Å². The molecule has 3 aliphatic heterocycles. The van der Waals surface area contributed by atoms with Gasteiger partial charge in [-0.05, 0) is 12.8 Å². The van der Waals surface area contributed by atoms with Crippen LogP contribution in [-0.2, 0) is 9.53 Å². The standard InChI is InChI=1S/C15H27N3O3/c1-12(19)16-6-8-18(9-7-16)14-2-4-17(5-3-15(14)20)13-10-21-11-13/h13-15,20H,2-11H2,1H3/t14-,15-/m0/s1. The highest BCUT2D eigenvalue weighted by Crippen LogP contribution is 2.22. The van der Waals surface area contributed by atoms with Crippen molar-refractivity contribution < 1.29 is 14.6 Å². The molecule has 1 N–H and O–H groups in total. The molecule has 0 radical (unpaired) electrons. The lowest BCUT2D eigenvalue weighted by Gasteiger charge is -2.40. The highest BCUT2D eigenvalue weighted by molar-refractivity contribution is 5.73. The fourth-order valence-corrected chi connectivity index (χ4v) is 3.69. The lowest BCUT2D eigenvalue weighted by atomic mass is 10.0. The van der Waals surface area contributed by atoms with E-state index in [0.29, 0.717) is 6.04 Å². The molecule has 21 heavy (non-hydrogen) atoms. The second-order valence-corrected chi connectivity index (χ2v) is 6.48. The molecule has 0 spiro atoms. The molecule has 0 aromatic rings. The van der Waals surface area contributed by atoms with Gasteiger partial charge in [-0.2, -0.15) is 0 Å². The lowest BCUT2D eigenvalue weighted by molar-refractivity contribution is -0.131. The molecule has 0 saturated carbocycles. The van der Waals surface area contributed by atoms with Gasteiger partial charge in [-0.25, -0.2) is 0 Å². The lowest BCUT2D eigenvalue weighted by Crippen LogP contribution is -2.54. The van der Waals surface area contributed by atoms with Gasteiger partial charge in [0.2, 0.25) is 5.91 Å². The number of nitrogens with zero attached hydrogens (tertiary/aromatic N) is 3. The number of aliphatic hydroxyl groups is 1. The molecule has 3 aliphatic rings. The van der Waals surface area contributed by atoms with Gasteiger partial charge in [-0.1, -0.05) is 0 Å². The Morgan fingerprint density at radius 3 is 2.24 bits per heavy atom. The molecule has 120 valence electrons. The monoisotopic (exact) mass is 297 g/mol. The quantitative estimate of drug-likeness (QED) is 0.736. The Kier molecular flexibility index (Phi) is 4.78. The maximum atomic E-state index is 11.4. The van der Waals surface area contributed by atoms with Gasteiger partial charge in [-0.3, -0.25) is 14.6 Å². The van der Waals surface area contributed by atoms with Crippen molar-refractivity contribution in [1.82, 2.24) is 14.7 Å². The van der Waals surface area contributed by atoms with Crippen LogP contribution in [0.3, 0.4) is 0 Å². The number of aliphatic hydroxyl groups excluding tert-OH is 1. The molecule has 0 aromatic carbocycles. The zero-order chi connectivity index (χ0) is 14.8. The normalized spacial score (nSPS) is 33.5. The van der Waals surface area contributed by atoms with Crippen molar-refractivity contribution in [2.75, 3.05) is 52.5 Å². The highest BCUT2D eigenvalue weighted by Gasteiger charge is 2.35. The highest BCUT2D eigenvalue weighted by atomic mass is 16.5. The smallest absolute Gasteiger partial charge is 0.219 e. The Morgan fingerprint density at radius 1 is 1.00 bits per heavy atom. The number of hydrogen-bond acceptors (Lipinski definition) is 5. The molecule has 6 nitrogen and oxygen atoms in total. The Balaban J connectivity index is 1.53. The van der Waals surface area contributed by atoms with Crippen molar-refractivity contribution in [2.24, 2.45) is 0 Å². The summed E-state index contributed by atoms with van der Waals surface area (Å²) in [5.41, 5.74) is 0. The number of rotatable bonds is 2. The van der Waals surface area contributed by atoms with E-state index in [9.17, 15) is 9.90 Å². The van der Waals surface area contributed by atoms with Gasteiger partial charge in [0.1, 0.15) is 0 Å². The summed E-state index contributed by atoms with van der Waals surface area (Å²) in [4.78, 5) is 18.1. The van der Waals surface area contributed by atoms with Crippen molar-refractivity contribution in [3.8, 4) is 0 Å². The predicted octanol–water partition coefficient (Wildman–Crippen LogP) is -0.625. The van der Waals surface area contributed by atoms with Crippen LogP contribution in [0.4, 0.5) is 0 Å². The van der Waals surface area contributed by atoms with E-state index in [1.54, 1.807) is 6.92 Å². The molecule has 0 aromatic heterocycles. The number of likely N-dealkylation sites (tertiary alicyclic amines) is 1. The van der Waals surface area contributed by atoms with E-state index in [0.717, 1.165) is 65.3 Å². The Morgan fingerprint density at radius 2 is 1.67 bits per heavy atom. The van der Waals surface area contributed by atoms with Gasteiger partial charge in [0.15, 0.2) is 0 Å². The summed E-state index contributed by atoms with van der Waals surface area (Å²) >= 11 is 0. The van der Waals surface area contributed by atoms with Crippen molar-refractivity contribution in [2.45, 2.75) is 38.0 Å². The fourth-order valence-electron chi connectivity index (χ4n) is 3.69. The summed E-state index contributed by atoms with van der Waals surface area (Å²) in [6.45, 7) is 8.69. The van der Waals surface area contributed by atoms with Crippen LogP contribution < -0.4 is 0 Å². The van der Waals surface area contributed by atoms with Crippen LogP contribution in [0, 0.1) is 0 Å². The maximum absolute atomic E-state index is 11.4. The fraction of sp³-hybridized carbons (Fsp3) is 0.933. The molecule has 6 heteroatoms. The number of piperazine rings is 1. The van der Waals surface area contributed by atoms with Crippen LogP contribution in [0.1, 0.15) is 19.8 Å². The zero-order valence-corrected chi connectivity index (χ0v) is 12.9. The first kappa shape index (κ1) is 15.2. The molecule has 3 fully saturated rings. The molecule has 0 unspecified atom stereocenters. The van der Waals surface area contributed by atoms with Crippen LogP contribution >= 0.6 is 0 Å². The Labute approximate surface area is 126 Å². The van der Waals surface area contributed by atoms with Crippen molar-refractivity contribution in [3.63, 3.8) is 0 Å². The largest absolute Gasteiger partial charge is 0.391 e. The molecule has 2 atom stereocenters. The van der Waals surface area contributed by atoms with Crippen molar-refractivity contribution >= 4 is 5.91 Å². The molecule has 0 bridgehead atoms. The van der Waals surface area contributed by atoms with Gasteiger partial charge < -0.3 is 14.7 Å². The minimum absolute atomic E-state index is 0.159. The summed E-state index contributed by atoms with van der Waals surface area (Å²) in [7, 11) is 0. The van der Waals surface area contributed by atoms with Gasteiger partial charge in [0, 0.05) is 52.2 Å². The second-order valence-electron chi connectivity index (χ2n) is 6.48. The molecule has 3 saturated heterocycles. The van der Waals surface area contributed by atoms with E-state index >= 15 is 0 Å². The average molecular weight is 297 g/mol. The van der Waals surface area contributed by atoms with Crippen LogP contribution in [-0.4, -0.2) is 96.4 Å². The first-order valence-electron chi connectivity index (χ1n) is 8.14. The van der Waals surface area contributed by atoms with Gasteiger partial charge >= 0.3 is 0 Å². The SMILES string of the molecule is CC(=O)N1CCN([C@H]2CCN(C3COC3)CC[C@@H]2O)CC1. The van der Waals surface area contributed by atoms with Crippen LogP contribution in [0.25, 0.3) is 0 Å². The van der Waals surface area contributed by atoms with E-state index in [2.05, 4.69) is 9.80 Å². The van der Waals surface area contributed by atoms with Gasteiger partial charge in [-0.15, -0.1) is 0 Å². The number of carbonyl (C=O) groups excluding carboxylic acids is 1. The number of hydrogen-bond donors (Lipinski definition) is 1.